The van der Waals surface area contributed by atoms with E-state index in [1.165, 1.54) is 6.42 Å². The SMILES string of the molecule is CCNC(=O)N(CC)C1CCCNC1. The van der Waals surface area contributed by atoms with Gasteiger partial charge in [-0.1, -0.05) is 0 Å². The molecule has 4 nitrogen and oxygen atoms in total. The highest BCUT2D eigenvalue weighted by molar-refractivity contribution is 5.74. The Hall–Kier alpha value is -0.770. The third kappa shape index (κ3) is 2.87. The fourth-order valence-electron chi connectivity index (χ4n) is 1.92. The van der Waals surface area contributed by atoms with Crippen LogP contribution in [-0.4, -0.2) is 43.2 Å². The molecule has 0 aromatic heterocycles. The van der Waals surface area contributed by atoms with Gasteiger partial charge >= 0.3 is 6.03 Å². The van der Waals surface area contributed by atoms with Crippen molar-refractivity contribution < 1.29 is 4.79 Å². The molecule has 1 unspecified atom stereocenters. The van der Waals surface area contributed by atoms with Gasteiger partial charge < -0.3 is 15.5 Å². The minimum absolute atomic E-state index is 0.0729. The molecule has 2 N–H and O–H groups in total. The second-order valence-electron chi connectivity index (χ2n) is 3.62. The summed E-state index contributed by atoms with van der Waals surface area (Å²) in [5.41, 5.74) is 0. The van der Waals surface area contributed by atoms with Gasteiger partial charge in [0.05, 0.1) is 0 Å². The Labute approximate surface area is 86.0 Å². The van der Waals surface area contributed by atoms with E-state index in [4.69, 9.17) is 0 Å². The van der Waals surface area contributed by atoms with E-state index in [1.54, 1.807) is 0 Å². The normalized spacial score (nSPS) is 21.7. The predicted molar refractivity (Wildman–Crippen MR) is 57.3 cm³/mol. The van der Waals surface area contributed by atoms with Crippen LogP contribution in [0.15, 0.2) is 0 Å². The van der Waals surface area contributed by atoms with Crippen LogP contribution in [0, 0.1) is 0 Å². The third-order valence-electron chi connectivity index (χ3n) is 2.64. The van der Waals surface area contributed by atoms with Crippen LogP contribution in [0.5, 0.6) is 0 Å². The zero-order valence-corrected chi connectivity index (χ0v) is 9.18. The average molecular weight is 199 g/mol. The van der Waals surface area contributed by atoms with Crippen LogP contribution in [0.2, 0.25) is 0 Å². The maximum absolute atomic E-state index is 11.7. The highest BCUT2D eigenvalue weighted by atomic mass is 16.2. The van der Waals surface area contributed by atoms with Crippen LogP contribution in [0.4, 0.5) is 4.79 Å². The second-order valence-corrected chi connectivity index (χ2v) is 3.62. The van der Waals surface area contributed by atoms with Crippen molar-refractivity contribution in [1.29, 1.82) is 0 Å². The van der Waals surface area contributed by atoms with E-state index >= 15 is 0 Å². The first-order chi connectivity index (χ1) is 6.79. The van der Waals surface area contributed by atoms with Gasteiger partial charge in [0.25, 0.3) is 0 Å². The Morgan fingerprint density at radius 1 is 1.57 bits per heavy atom. The zero-order valence-electron chi connectivity index (χ0n) is 9.18. The van der Waals surface area contributed by atoms with Crippen molar-refractivity contribution in [2.45, 2.75) is 32.7 Å². The van der Waals surface area contributed by atoms with Crippen LogP contribution < -0.4 is 10.6 Å². The molecule has 0 saturated carbocycles. The first-order valence-corrected chi connectivity index (χ1v) is 5.54. The van der Waals surface area contributed by atoms with E-state index in [0.29, 0.717) is 12.6 Å². The van der Waals surface area contributed by atoms with Crippen molar-refractivity contribution in [2.24, 2.45) is 0 Å². The quantitative estimate of drug-likeness (QED) is 0.706. The van der Waals surface area contributed by atoms with Crippen molar-refractivity contribution in [3.05, 3.63) is 0 Å². The summed E-state index contributed by atoms with van der Waals surface area (Å²) in [6.07, 6.45) is 2.29. The van der Waals surface area contributed by atoms with E-state index in [1.807, 2.05) is 18.7 Å². The molecule has 2 amide bonds. The van der Waals surface area contributed by atoms with Gasteiger partial charge in [0, 0.05) is 25.7 Å². The third-order valence-corrected chi connectivity index (χ3v) is 2.64. The van der Waals surface area contributed by atoms with E-state index < -0.39 is 0 Å². The topological polar surface area (TPSA) is 44.4 Å². The van der Waals surface area contributed by atoms with Gasteiger partial charge in [0.15, 0.2) is 0 Å². The molecule has 0 bridgehead atoms. The summed E-state index contributed by atoms with van der Waals surface area (Å²) in [7, 11) is 0. The number of nitrogens with one attached hydrogen (secondary N) is 2. The van der Waals surface area contributed by atoms with Crippen LogP contribution in [0.1, 0.15) is 26.7 Å². The van der Waals surface area contributed by atoms with Crippen molar-refractivity contribution in [2.75, 3.05) is 26.2 Å². The summed E-state index contributed by atoms with van der Waals surface area (Å²) in [5.74, 6) is 0. The van der Waals surface area contributed by atoms with Crippen LogP contribution in [0.25, 0.3) is 0 Å². The minimum atomic E-state index is 0.0729. The number of carbonyl (C=O) groups excluding carboxylic acids is 1. The molecule has 0 spiro atoms. The Morgan fingerprint density at radius 2 is 2.36 bits per heavy atom. The smallest absolute Gasteiger partial charge is 0.317 e. The molecular weight excluding hydrogens is 178 g/mol. The maximum atomic E-state index is 11.7. The molecule has 1 fully saturated rings. The van der Waals surface area contributed by atoms with Crippen molar-refractivity contribution in [3.8, 4) is 0 Å². The number of hydrogen-bond acceptors (Lipinski definition) is 2. The molecule has 14 heavy (non-hydrogen) atoms. The predicted octanol–water partition coefficient (Wildman–Crippen LogP) is 0.790. The number of carbonyl (C=O) groups is 1. The van der Waals surface area contributed by atoms with Gasteiger partial charge in [0.2, 0.25) is 0 Å². The molecule has 1 atom stereocenters. The van der Waals surface area contributed by atoms with Gasteiger partial charge in [-0.2, -0.15) is 0 Å². The average Bonchev–Trinajstić information content (AvgIpc) is 2.21. The summed E-state index contributed by atoms with van der Waals surface area (Å²) in [6.45, 7) is 7.50. The lowest BCUT2D eigenvalue weighted by Crippen LogP contribution is -2.51. The lowest BCUT2D eigenvalue weighted by Gasteiger charge is -2.33. The summed E-state index contributed by atoms with van der Waals surface area (Å²) >= 11 is 0. The lowest BCUT2D eigenvalue weighted by atomic mass is 10.1. The van der Waals surface area contributed by atoms with Crippen molar-refractivity contribution in [1.82, 2.24) is 15.5 Å². The van der Waals surface area contributed by atoms with Gasteiger partial charge in [-0.3, -0.25) is 0 Å². The summed E-state index contributed by atoms with van der Waals surface area (Å²) in [6, 6.07) is 0.448. The molecular formula is C10H21N3O. The fourth-order valence-corrected chi connectivity index (χ4v) is 1.92. The van der Waals surface area contributed by atoms with E-state index in [2.05, 4.69) is 10.6 Å². The fraction of sp³-hybridized carbons (Fsp3) is 0.900. The summed E-state index contributed by atoms with van der Waals surface area (Å²) in [5, 5.41) is 6.18. The minimum Gasteiger partial charge on any atom is -0.338 e. The van der Waals surface area contributed by atoms with Gasteiger partial charge in [-0.05, 0) is 33.2 Å². The molecule has 1 aliphatic heterocycles. The Balaban J connectivity index is 2.46. The second kappa shape index (κ2) is 5.86. The molecule has 0 aromatic rings. The van der Waals surface area contributed by atoms with E-state index in [-0.39, 0.29) is 6.03 Å². The highest BCUT2D eigenvalue weighted by Crippen LogP contribution is 2.09. The lowest BCUT2D eigenvalue weighted by molar-refractivity contribution is 0.165. The Morgan fingerprint density at radius 3 is 2.86 bits per heavy atom. The molecule has 0 aromatic carbocycles. The monoisotopic (exact) mass is 199 g/mol. The first-order valence-electron chi connectivity index (χ1n) is 5.54. The van der Waals surface area contributed by atoms with Crippen molar-refractivity contribution in [3.63, 3.8) is 0 Å². The zero-order chi connectivity index (χ0) is 10.4. The van der Waals surface area contributed by atoms with Crippen LogP contribution >= 0.6 is 0 Å². The number of piperidine rings is 1. The number of likely N-dealkylation sites (N-methyl/N-ethyl adjacent to an activating group) is 1. The van der Waals surface area contributed by atoms with Crippen LogP contribution in [0.3, 0.4) is 0 Å². The molecule has 1 saturated heterocycles. The largest absolute Gasteiger partial charge is 0.338 e. The number of urea groups is 1. The van der Waals surface area contributed by atoms with E-state index in [0.717, 1.165) is 26.1 Å². The summed E-state index contributed by atoms with van der Waals surface area (Å²) < 4.78 is 0. The molecule has 4 heteroatoms. The van der Waals surface area contributed by atoms with Crippen LogP contribution in [-0.2, 0) is 0 Å². The van der Waals surface area contributed by atoms with Crippen molar-refractivity contribution >= 4 is 6.03 Å². The molecule has 1 rings (SSSR count). The highest BCUT2D eigenvalue weighted by Gasteiger charge is 2.23. The number of rotatable bonds is 3. The number of hydrogen-bond donors (Lipinski definition) is 2. The van der Waals surface area contributed by atoms with Gasteiger partial charge in [-0.25, -0.2) is 4.79 Å². The molecule has 0 aliphatic carbocycles. The first kappa shape index (κ1) is 11.3. The maximum Gasteiger partial charge on any atom is 0.317 e. The Bertz CT molecular complexity index is 178. The molecule has 82 valence electrons. The Kier molecular flexibility index (Phi) is 4.73. The molecule has 0 radical (unpaired) electrons. The molecule has 1 heterocycles. The number of amides is 2. The van der Waals surface area contributed by atoms with E-state index in [9.17, 15) is 4.79 Å². The summed E-state index contributed by atoms with van der Waals surface area (Å²) in [4.78, 5) is 13.6. The van der Waals surface area contributed by atoms with Gasteiger partial charge in [0.1, 0.15) is 0 Å². The van der Waals surface area contributed by atoms with Gasteiger partial charge in [-0.15, -0.1) is 0 Å². The standard InChI is InChI=1S/C10H21N3O/c1-3-12-10(14)13(4-2)9-6-5-7-11-8-9/h9,11H,3-8H2,1-2H3,(H,12,14). The molecule has 1 aliphatic rings. The number of nitrogens with zero attached hydrogens (tertiary/aromatic N) is 1.